The first-order valence-corrected chi connectivity index (χ1v) is 9.55. The molecule has 0 unspecified atom stereocenters. The number of carbonyl (C=O) groups is 1. The zero-order valence-electron chi connectivity index (χ0n) is 15.1. The van der Waals surface area contributed by atoms with Crippen molar-refractivity contribution in [3.63, 3.8) is 0 Å². The molecule has 0 aliphatic heterocycles. The smallest absolute Gasteiger partial charge is 0.398 e. The van der Waals surface area contributed by atoms with E-state index in [9.17, 15) is 23.1 Å². The number of halogens is 4. The molecule has 0 heterocycles. The average Bonchev–Trinajstić information content (AvgIpc) is 2.44. The summed E-state index contributed by atoms with van der Waals surface area (Å²) >= 11 is 2.17. The number of alkyl halides is 4. The first-order valence-electron chi connectivity index (χ1n) is 8.02. The fourth-order valence-electron chi connectivity index (χ4n) is 2.23. The lowest BCUT2D eigenvalue weighted by atomic mass is 9.77. The van der Waals surface area contributed by atoms with Gasteiger partial charge in [0, 0.05) is 16.5 Å². The van der Waals surface area contributed by atoms with Crippen molar-refractivity contribution in [3.05, 3.63) is 28.8 Å². The third-order valence-corrected chi connectivity index (χ3v) is 4.96. The molecule has 0 bridgehead atoms. The molecule has 2 N–H and O–H groups in total. The SMILES string of the molecule is CC(C)(C)c1cc(C(=O)NCCCI)c(O)c(C(C)(C)C(F)(F)F)c1. The van der Waals surface area contributed by atoms with Gasteiger partial charge >= 0.3 is 6.18 Å². The van der Waals surface area contributed by atoms with Gasteiger partial charge in [-0.15, -0.1) is 0 Å². The van der Waals surface area contributed by atoms with Crippen molar-refractivity contribution in [1.82, 2.24) is 5.32 Å². The molecule has 0 aliphatic rings. The summed E-state index contributed by atoms with van der Waals surface area (Å²) in [7, 11) is 0. The molecule has 0 fully saturated rings. The van der Waals surface area contributed by atoms with E-state index < -0.39 is 28.7 Å². The average molecular weight is 471 g/mol. The highest BCUT2D eigenvalue weighted by molar-refractivity contribution is 14.1. The Balaban J connectivity index is 3.53. The van der Waals surface area contributed by atoms with Crippen molar-refractivity contribution in [2.75, 3.05) is 11.0 Å². The molecule has 0 aromatic heterocycles. The van der Waals surface area contributed by atoms with Gasteiger partial charge in [-0.3, -0.25) is 4.79 Å². The van der Waals surface area contributed by atoms with Crippen LogP contribution in [0.3, 0.4) is 0 Å². The second kappa shape index (κ2) is 7.72. The van der Waals surface area contributed by atoms with Crippen molar-refractivity contribution in [3.8, 4) is 5.75 Å². The number of nitrogens with one attached hydrogen (secondary N) is 1. The van der Waals surface area contributed by atoms with E-state index in [1.807, 2.05) is 20.8 Å². The molecule has 1 amide bonds. The standard InChI is InChI=1S/C18H25F3INO2/c1-16(2,3)11-9-12(15(25)23-8-6-7-22)14(24)13(10-11)17(4,5)18(19,20)21/h9-10,24H,6-8H2,1-5H3,(H,23,25). The van der Waals surface area contributed by atoms with Gasteiger partial charge < -0.3 is 10.4 Å². The number of phenolic OH excluding ortho intramolecular Hbond substituents is 1. The van der Waals surface area contributed by atoms with Crippen molar-refractivity contribution in [2.24, 2.45) is 0 Å². The van der Waals surface area contributed by atoms with E-state index >= 15 is 0 Å². The summed E-state index contributed by atoms with van der Waals surface area (Å²) in [5.74, 6) is -1.17. The minimum Gasteiger partial charge on any atom is -0.507 e. The van der Waals surface area contributed by atoms with E-state index in [2.05, 4.69) is 27.9 Å². The van der Waals surface area contributed by atoms with Gasteiger partial charge in [0.15, 0.2) is 0 Å². The molecule has 25 heavy (non-hydrogen) atoms. The molecule has 3 nitrogen and oxygen atoms in total. The van der Waals surface area contributed by atoms with E-state index in [0.29, 0.717) is 12.1 Å². The highest BCUT2D eigenvalue weighted by Gasteiger charge is 2.50. The number of benzene rings is 1. The van der Waals surface area contributed by atoms with Crippen LogP contribution >= 0.6 is 22.6 Å². The van der Waals surface area contributed by atoms with Crippen LogP contribution in [0.4, 0.5) is 13.2 Å². The molecule has 7 heteroatoms. The molecule has 0 radical (unpaired) electrons. The van der Waals surface area contributed by atoms with Crippen LogP contribution in [0, 0.1) is 0 Å². The topological polar surface area (TPSA) is 49.3 Å². The molecule has 142 valence electrons. The van der Waals surface area contributed by atoms with Crippen LogP contribution in [0.15, 0.2) is 12.1 Å². The number of rotatable bonds is 5. The Morgan fingerprint density at radius 2 is 1.72 bits per heavy atom. The summed E-state index contributed by atoms with van der Waals surface area (Å²) in [6, 6.07) is 2.83. The summed E-state index contributed by atoms with van der Waals surface area (Å²) in [6.07, 6.45) is -3.82. The summed E-state index contributed by atoms with van der Waals surface area (Å²) in [6.45, 7) is 7.96. The third kappa shape index (κ3) is 5.01. The highest BCUT2D eigenvalue weighted by atomic mass is 127. The molecule has 1 aromatic rings. The first-order chi connectivity index (χ1) is 11.2. The predicted molar refractivity (Wildman–Crippen MR) is 102 cm³/mol. The van der Waals surface area contributed by atoms with Crippen LogP contribution in [0.2, 0.25) is 0 Å². The monoisotopic (exact) mass is 471 g/mol. The Hall–Kier alpha value is -0.990. The minimum absolute atomic E-state index is 0.117. The van der Waals surface area contributed by atoms with Crippen LogP contribution in [0.5, 0.6) is 5.75 Å². The molecular weight excluding hydrogens is 446 g/mol. The molecule has 0 aliphatic carbocycles. The molecule has 0 saturated heterocycles. The second-order valence-corrected chi connectivity index (χ2v) is 8.67. The predicted octanol–water partition coefficient (Wildman–Crippen LogP) is 5.08. The van der Waals surface area contributed by atoms with Gasteiger partial charge in [0.05, 0.1) is 11.0 Å². The Morgan fingerprint density at radius 3 is 2.16 bits per heavy atom. The molecule has 0 atom stereocenters. The lowest BCUT2D eigenvalue weighted by Gasteiger charge is -2.31. The van der Waals surface area contributed by atoms with Crippen molar-refractivity contribution < 1.29 is 23.1 Å². The van der Waals surface area contributed by atoms with E-state index in [1.165, 1.54) is 12.1 Å². The minimum atomic E-state index is -4.56. The Labute approximate surface area is 160 Å². The summed E-state index contributed by atoms with van der Waals surface area (Å²) in [5, 5.41) is 13.1. The van der Waals surface area contributed by atoms with Gasteiger partial charge in [-0.05, 0) is 37.3 Å². The first kappa shape index (κ1) is 22.1. The Kier molecular flexibility index (Phi) is 6.81. The quantitative estimate of drug-likeness (QED) is 0.358. The lowest BCUT2D eigenvalue weighted by molar-refractivity contribution is -0.180. The zero-order valence-corrected chi connectivity index (χ0v) is 17.3. The van der Waals surface area contributed by atoms with E-state index in [4.69, 9.17) is 0 Å². The number of hydrogen-bond acceptors (Lipinski definition) is 2. The number of phenols is 1. The maximum Gasteiger partial charge on any atom is 0.398 e. The van der Waals surface area contributed by atoms with Gasteiger partial charge in [-0.2, -0.15) is 13.2 Å². The van der Waals surface area contributed by atoms with E-state index in [0.717, 1.165) is 24.7 Å². The molecular formula is C18H25F3INO2. The lowest BCUT2D eigenvalue weighted by Crippen LogP contribution is -2.37. The summed E-state index contributed by atoms with van der Waals surface area (Å²) in [4.78, 5) is 12.4. The van der Waals surface area contributed by atoms with Crippen molar-refractivity contribution in [1.29, 1.82) is 0 Å². The van der Waals surface area contributed by atoms with Crippen LogP contribution in [-0.4, -0.2) is 28.2 Å². The largest absolute Gasteiger partial charge is 0.507 e. The normalized spacial score (nSPS) is 13.0. The van der Waals surface area contributed by atoms with E-state index in [-0.39, 0.29) is 11.1 Å². The van der Waals surface area contributed by atoms with Gasteiger partial charge in [0.25, 0.3) is 5.91 Å². The van der Waals surface area contributed by atoms with Gasteiger partial charge in [-0.25, -0.2) is 0 Å². The number of hydrogen-bond donors (Lipinski definition) is 2. The van der Waals surface area contributed by atoms with Crippen molar-refractivity contribution in [2.45, 2.75) is 58.0 Å². The molecule has 0 spiro atoms. The second-order valence-electron chi connectivity index (χ2n) is 7.59. The van der Waals surface area contributed by atoms with Gasteiger partial charge in [0.1, 0.15) is 5.75 Å². The maximum absolute atomic E-state index is 13.5. The summed E-state index contributed by atoms with van der Waals surface area (Å²) in [5.41, 5.74) is -2.59. The Morgan fingerprint density at radius 1 is 1.16 bits per heavy atom. The number of carbonyl (C=O) groups excluding carboxylic acids is 1. The molecule has 1 rings (SSSR count). The fraction of sp³-hybridized carbons (Fsp3) is 0.611. The van der Waals surface area contributed by atoms with Crippen LogP contribution in [-0.2, 0) is 10.8 Å². The van der Waals surface area contributed by atoms with E-state index in [1.54, 1.807) is 0 Å². The molecule has 1 aromatic carbocycles. The fourth-order valence-corrected chi connectivity index (χ4v) is 2.62. The van der Waals surface area contributed by atoms with Crippen LogP contribution in [0.1, 0.15) is 62.5 Å². The van der Waals surface area contributed by atoms with Crippen LogP contribution in [0.25, 0.3) is 0 Å². The maximum atomic E-state index is 13.5. The van der Waals surface area contributed by atoms with Crippen LogP contribution < -0.4 is 5.32 Å². The van der Waals surface area contributed by atoms with Gasteiger partial charge in [-0.1, -0.05) is 49.4 Å². The van der Waals surface area contributed by atoms with Gasteiger partial charge in [0.2, 0.25) is 0 Å². The molecule has 0 saturated carbocycles. The summed E-state index contributed by atoms with van der Waals surface area (Å²) < 4.78 is 41.3. The Bertz CT molecular complexity index is 634. The number of amides is 1. The van der Waals surface area contributed by atoms with Crippen molar-refractivity contribution >= 4 is 28.5 Å². The number of aromatic hydroxyl groups is 1. The zero-order chi connectivity index (χ0) is 19.6. The highest BCUT2D eigenvalue weighted by Crippen LogP contribution is 2.46. The third-order valence-electron chi connectivity index (χ3n) is 4.20.